The number of rotatable bonds is 2. The van der Waals surface area contributed by atoms with Gasteiger partial charge in [-0.05, 0) is 19.8 Å². The fourth-order valence-electron chi connectivity index (χ4n) is 3.28. The van der Waals surface area contributed by atoms with Crippen LogP contribution in [0.2, 0.25) is 0 Å². The lowest BCUT2D eigenvalue weighted by atomic mass is 9.85. The number of fused-ring (bicyclic) bond motifs is 1. The van der Waals surface area contributed by atoms with Crippen LogP contribution in [-0.2, 0) is 14.3 Å². The van der Waals surface area contributed by atoms with Gasteiger partial charge in [-0.15, -0.1) is 0 Å². The Labute approximate surface area is 112 Å². The number of nitrogens with zero attached hydrogens (tertiary/aromatic N) is 1. The molecule has 3 aliphatic rings. The fourth-order valence-corrected chi connectivity index (χ4v) is 3.28. The van der Waals surface area contributed by atoms with Gasteiger partial charge in [0.05, 0.1) is 24.5 Å². The molecule has 104 valence electrons. The minimum atomic E-state index is -1.09. The summed E-state index contributed by atoms with van der Waals surface area (Å²) in [4.78, 5) is 25.9. The van der Waals surface area contributed by atoms with Crippen molar-refractivity contribution in [1.82, 2.24) is 4.90 Å². The Bertz CT molecular complexity index is 421. The molecule has 0 aromatic heterocycles. The quantitative estimate of drug-likeness (QED) is 0.582. The second-order valence-corrected chi connectivity index (χ2v) is 5.79. The predicted molar refractivity (Wildman–Crippen MR) is 67.1 cm³/mol. The average Bonchev–Trinajstić information content (AvgIpc) is 2.85. The van der Waals surface area contributed by atoms with Crippen molar-refractivity contribution in [2.45, 2.75) is 37.9 Å². The topological polar surface area (TPSA) is 66.8 Å². The van der Waals surface area contributed by atoms with Crippen LogP contribution in [-0.4, -0.2) is 46.7 Å². The lowest BCUT2D eigenvalue weighted by Crippen LogP contribution is -2.49. The SMILES string of the molecule is CC1OCCC1(O)CN1C(=O)[C@H]2CC=CC[C@H]2C1=O. The van der Waals surface area contributed by atoms with Crippen LogP contribution in [0.1, 0.15) is 26.2 Å². The molecule has 5 heteroatoms. The number of carbonyl (C=O) groups excluding carboxylic acids is 2. The molecular formula is C14H19NO4. The van der Waals surface area contributed by atoms with Crippen molar-refractivity contribution in [2.75, 3.05) is 13.2 Å². The van der Waals surface area contributed by atoms with Crippen molar-refractivity contribution in [2.24, 2.45) is 11.8 Å². The average molecular weight is 265 g/mol. The Balaban J connectivity index is 1.79. The molecule has 1 N–H and O–H groups in total. The third-order valence-electron chi connectivity index (χ3n) is 4.69. The van der Waals surface area contributed by atoms with Gasteiger partial charge in [0.2, 0.25) is 11.8 Å². The highest BCUT2D eigenvalue weighted by Gasteiger charge is 2.51. The van der Waals surface area contributed by atoms with Crippen LogP contribution in [0, 0.1) is 11.8 Å². The van der Waals surface area contributed by atoms with Gasteiger partial charge >= 0.3 is 0 Å². The Morgan fingerprint density at radius 3 is 2.37 bits per heavy atom. The van der Waals surface area contributed by atoms with Crippen molar-refractivity contribution in [3.05, 3.63) is 12.2 Å². The number of carbonyl (C=O) groups is 2. The molecule has 0 radical (unpaired) electrons. The van der Waals surface area contributed by atoms with E-state index in [0.29, 0.717) is 25.9 Å². The Kier molecular flexibility index (Phi) is 2.98. The van der Waals surface area contributed by atoms with Crippen LogP contribution in [0.3, 0.4) is 0 Å². The molecule has 0 aromatic rings. The van der Waals surface area contributed by atoms with E-state index in [1.807, 2.05) is 12.2 Å². The lowest BCUT2D eigenvalue weighted by molar-refractivity contribution is -0.145. The zero-order chi connectivity index (χ0) is 13.6. The van der Waals surface area contributed by atoms with Crippen molar-refractivity contribution in [1.29, 1.82) is 0 Å². The zero-order valence-corrected chi connectivity index (χ0v) is 11.0. The first-order valence-electron chi connectivity index (χ1n) is 6.87. The van der Waals surface area contributed by atoms with Crippen LogP contribution in [0.4, 0.5) is 0 Å². The molecule has 0 saturated carbocycles. The summed E-state index contributed by atoms with van der Waals surface area (Å²) in [5.41, 5.74) is -1.09. The molecule has 0 aromatic carbocycles. The highest BCUT2D eigenvalue weighted by Crippen LogP contribution is 2.37. The number of imide groups is 1. The molecule has 2 unspecified atom stereocenters. The van der Waals surface area contributed by atoms with E-state index < -0.39 is 5.60 Å². The minimum Gasteiger partial charge on any atom is -0.385 e. The number of amides is 2. The molecule has 5 nitrogen and oxygen atoms in total. The maximum Gasteiger partial charge on any atom is 0.233 e. The summed E-state index contributed by atoms with van der Waals surface area (Å²) in [6.07, 6.45) is 5.33. The zero-order valence-electron chi connectivity index (χ0n) is 11.0. The smallest absolute Gasteiger partial charge is 0.233 e. The number of likely N-dealkylation sites (tertiary alicyclic amines) is 1. The Morgan fingerprint density at radius 1 is 1.32 bits per heavy atom. The van der Waals surface area contributed by atoms with Crippen molar-refractivity contribution in [3.63, 3.8) is 0 Å². The molecule has 19 heavy (non-hydrogen) atoms. The molecule has 3 rings (SSSR count). The van der Waals surface area contributed by atoms with E-state index in [4.69, 9.17) is 4.74 Å². The van der Waals surface area contributed by atoms with E-state index in [1.54, 1.807) is 6.92 Å². The van der Waals surface area contributed by atoms with E-state index in [0.717, 1.165) is 0 Å². The van der Waals surface area contributed by atoms with Gasteiger partial charge in [-0.2, -0.15) is 0 Å². The number of hydrogen-bond donors (Lipinski definition) is 1. The molecule has 0 spiro atoms. The molecule has 0 bridgehead atoms. The summed E-state index contributed by atoms with van der Waals surface area (Å²) in [7, 11) is 0. The third-order valence-corrected chi connectivity index (χ3v) is 4.69. The monoisotopic (exact) mass is 265 g/mol. The first kappa shape index (κ1) is 12.8. The van der Waals surface area contributed by atoms with Crippen molar-refractivity contribution >= 4 is 11.8 Å². The molecule has 2 fully saturated rings. The highest BCUT2D eigenvalue weighted by atomic mass is 16.5. The predicted octanol–water partition coefficient (Wildman–Crippen LogP) is 0.477. The van der Waals surface area contributed by atoms with Gasteiger partial charge in [-0.1, -0.05) is 12.2 Å². The van der Waals surface area contributed by atoms with Crippen LogP contribution < -0.4 is 0 Å². The van der Waals surface area contributed by atoms with E-state index in [1.165, 1.54) is 4.90 Å². The molecule has 2 aliphatic heterocycles. The Morgan fingerprint density at radius 2 is 1.89 bits per heavy atom. The number of ether oxygens (including phenoxy) is 1. The molecule has 1 aliphatic carbocycles. The maximum absolute atomic E-state index is 12.3. The summed E-state index contributed by atoms with van der Waals surface area (Å²) in [6, 6.07) is 0. The summed E-state index contributed by atoms with van der Waals surface area (Å²) >= 11 is 0. The Hall–Kier alpha value is -1.20. The van der Waals surface area contributed by atoms with Gasteiger partial charge in [0.1, 0.15) is 5.60 Å². The summed E-state index contributed by atoms with van der Waals surface area (Å²) in [5.74, 6) is -0.712. The van der Waals surface area contributed by atoms with Gasteiger partial charge < -0.3 is 9.84 Å². The van der Waals surface area contributed by atoms with Gasteiger partial charge in [0.15, 0.2) is 0 Å². The maximum atomic E-state index is 12.3. The first-order valence-corrected chi connectivity index (χ1v) is 6.87. The fraction of sp³-hybridized carbons (Fsp3) is 0.714. The normalized spacial score (nSPS) is 42.0. The number of β-amino-alcohol motifs (C(OH)–C–C–N with tert-alkyl or cyclic N) is 1. The van der Waals surface area contributed by atoms with E-state index >= 15 is 0 Å². The largest absolute Gasteiger partial charge is 0.385 e. The summed E-state index contributed by atoms with van der Waals surface area (Å²) in [6.45, 7) is 2.33. The molecule has 4 atom stereocenters. The number of hydrogen-bond acceptors (Lipinski definition) is 4. The van der Waals surface area contributed by atoms with E-state index in [2.05, 4.69) is 0 Å². The van der Waals surface area contributed by atoms with Crippen molar-refractivity contribution < 1.29 is 19.4 Å². The second-order valence-electron chi connectivity index (χ2n) is 5.79. The van der Waals surface area contributed by atoms with Crippen LogP contribution in [0.15, 0.2) is 12.2 Å². The second kappa shape index (κ2) is 4.42. The molecule has 2 saturated heterocycles. The molecular weight excluding hydrogens is 246 g/mol. The molecule has 2 amide bonds. The van der Waals surface area contributed by atoms with Gasteiger partial charge in [0.25, 0.3) is 0 Å². The van der Waals surface area contributed by atoms with Crippen LogP contribution in [0.25, 0.3) is 0 Å². The first-order chi connectivity index (χ1) is 9.03. The minimum absolute atomic E-state index is 0.0683. The number of aliphatic hydroxyl groups is 1. The van der Waals surface area contributed by atoms with Gasteiger partial charge in [-0.3, -0.25) is 14.5 Å². The van der Waals surface area contributed by atoms with Gasteiger partial charge in [0, 0.05) is 13.0 Å². The van der Waals surface area contributed by atoms with Crippen LogP contribution >= 0.6 is 0 Å². The highest BCUT2D eigenvalue weighted by molar-refractivity contribution is 6.05. The lowest BCUT2D eigenvalue weighted by Gasteiger charge is -2.30. The van der Waals surface area contributed by atoms with Crippen molar-refractivity contribution in [3.8, 4) is 0 Å². The van der Waals surface area contributed by atoms with E-state index in [-0.39, 0.29) is 36.3 Å². The number of allylic oxidation sites excluding steroid dienone is 2. The summed E-state index contributed by atoms with van der Waals surface area (Å²) < 4.78 is 5.36. The third kappa shape index (κ3) is 1.92. The van der Waals surface area contributed by atoms with E-state index in [9.17, 15) is 14.7 Å². The summed E-state index contributed by atoms with van der Waals surface area (Å²) in [5, 5.41) is 10.5. The standard InChI is InChI=1S/C14H19NO4/c1-9-14(18,6-7-19-9)8-15-12(16)10-4-2-3-5-11(10)13(15)17/h2-3,9-11,18H,4-8H2,1H3/t9?,10-,11+,14?. The van der Waals surface area contributed by atoms with Gasteiger partial charge in [-0.25, -0.2) is 0 Å². The molecule has 2 heterocycles. The van der Waals surface area contributed by atoms with Crippen LogP contribution in [0.5, 0.6) is 0 Å².